The molecule has 116 valence electrons. The summed E-state index contributed by atoms with van der Waals surface area (Å²) in [4.78, 5) is 26.0. The topological polar surface area (TPSA) is 49.4 Å². The molecule has 0 spiro atoms. The molecule has 1 aromatic carbocycles. The first-order valence-electron chi connectivity index (χ1n) is 7.43. The molecular weight excluding hydrogens is 264 g/mol. The summed E-state index contributed by atoms with van der Waals surface area (Å²) in [6.45, 7) is 9.30. The molecule has 0 aromatic heterocycles. The van der Waals surface area contributed by atoms with Crippen LogP contribution in [0.2, 0.25) is 0 Å². The maximum Gasteiger partial charge on any atom is 0.233 e. The van der Waals surface area contributed by atoms with Gasteiger partial charge in [-0.1, -0.05) is 24.6 Å². The van der Waals surface area contributed by atoms with E-state index in [4.69, 9.17) is 0 Å². The summed E-state index contributed by atoms with van der Waals surface area (Å²) in [5, 5.41) is 2.61. The van der Waals surface area contributed by atoms with E-state index >= 15 is 0 Å². The monoisotopic (exact) mass is 290 g/mol. The zero-order chi connectivity index (χ0) is 16.0. The van der Waals surface area contributed by atoms with E-state index < -0.39 is 0 Å². The highest BCUT2D eigenvalue weighted by Crippen LogP contribution is 2.17. The van der Waals surface area contributed by atoms with Gasteiger partial charge in [-0.05, 0) is 44.9 Å². The van der Waals surface area contributed by atoms with Crippen LogP contribution < -0.4 is 5.32 Å². The Morgan fingerprint density at radius 1 is 1.10 bits per heavy atom. The highest BCUT2D eigenvalue weighted by Gasteiger charge is 2.17. The standard InChI is InChI=1S/C17H26N2O2/c1-6-7-19(11-16(21)18-5)10-15(20)17-13(3)8-12(2)9-14(17)4/h8-9H,6-7,10-11H2,1-5H3,(H,18,21). The van der Waals surface area contributed by atoms with Crippen molar-refractivity contribution in [1.29, 1.82) is 0 Å². The van der Waals surface area contributed by atoms with Gasteiger partial charge in [-0.15, -0.1) is 0 Å². The fourth-order valence-corrected chi connectivity index (χ4v) is 2.71. The van der Waals surface area contributed by atoms with Gasteiger partial charge in [0.15, 0.2) is 5.78 Å². The van der Waals surface area contributed by atoms with E-state index in [9.17, 15) is 9.59 Å². The molecule has 0 aliphatic carbocycles. The Morgan fingerprint density at radius 3 is 2.14 bits per heavy atom. The summed E-state index contributed by atoms with van der Waals surface area (Å²) in [6.07, 6.45) is 0.913. The first-order chi connectivity index (χ1) is 9.88. The molecule has 0 saturated carbocycles. The van der Waals surface area contributed by atoms with E-state index in [1.54, 1.807) is 7.05 Å². The lowest BCUT2D eigenvalue weighted by Gasteiger charge is -2.21. The van der Waals surface area contributed by atoms with Crippen LogP contribution >= 0.6 is 0 Å². The molecule has 21 heavy (non-hydrogen) atoms. The van der Waals surface area contributed by atoms with E-state index in [0.717, 1.165) is 35.2 Å². The molecule has 0 fully saturated rings. The Kier molecular flexibility index (Phi) is 6.56. The first kappa shape index (κ1) is 17.4. The third kappa shape index (κ3) is 4.97. The maximum atomic E-state index is 12.6. The van der Waals surface area contributed by atoms with E-state index in [1.165, 1.54) is 0 Å². The molecular formula is C17H26N2O2. The van der Waals surface area contributed by atoms with E-state index in [1.807, 2.05) is 44.7 Å². The van der Waals surface area contributed by atoms with Crippen molar-refractivity contribution in [2.45, 2.75) is 34.1 Å². The number of aryl methyl sites for hydroxylation is 3. The number of amides is 1. The number of carbonyl (C=O) groups excluding carboxylic acids is 2. The van der Waals surface area contributed by atoms with Crippen molar-refractivity contribution >= 4 is 11.7 Å². The van der Waals surface area contributed by atoms with Crippen molar-refractivity contribution in [3.63, 3.8) is 0 Å². The number of nitrogens with one attached hydrogen (secondary N) is 1. The molecule has 0 saturated heterocycles. The molecule has 1 N–H and O–H groups in total. The van der Waals surface area contributed by atoms with Crippen LogP contribution in [0.5, 0.6) is 0 Å². The van der Waals surface area contributed by atoms with Crippen LogP contribution in [0.3, 0.4) is 0 Å². The number of rotatable bonds is 7. The van der Waals surface area contributed by atoms with Crippen LogP contribution in [0.1, 0.15) is 40.4 Å². The van der Waals surface area contributed by atoms with Crippen LogP contribution in [0.25, 0.3) is 0 Å². The molecule has 0 aliphatic rings. The van der Waals surface area contributed by atoms with Crippen molar-refractivity contribution in [3.8, 4) is 0 Å². The zero-order valence-corrected chi connectivity index (χ0v) is 13.7. The number of Topliss-reactive ketones (excluding diaryl/α,β-unsaturated/α-hetero) is 1. The normalized spacial score (nSPS) is 10.8. The quantitative estimate of drug-likeness (QED) is 0.784. The van der Waals surface area contributed by atoms with Crippen molar-refractivity contribution < 1.29 is 9.59 Å². The fraction of sp³-hybridized carbons (Fsp3) is 0.529. The van der Waals surface area contributed by atoms with Crippen molar-refractivity contribution in [1.82, 2.24) is 10.2 Å². The molecule has 4 nitrogen and oxygen atoms in total. The van der Waals surface area contributed by atoms with Crippen molar-refractivity contribution in [2.24, 2.45) is 0 Å². The molecule has 1 amide bonds. The minimum Gasteiger partial charge on any atom is -0.358 e. The number of hydrogen-bond donors (Lipinski definition) is 1. The smallest absolute Gasteiger partial charge is 0.233 e. The minimum absolute atomic E-state index is 0.0615. The van der Waals surface area contributed by atoms with Crippen molar-refractivity contribution in [3.05, 3.63) is 34.4 Å². The lowest BCUT2D eigenvalue weighted by molar-refractivity contribution is -0.121. The number of likely N-dealkylation sites (N-methyl/N-ethyl adjacent to an activating group) is 1. The molecule has 0 aliphatic heterocycles. The highest BCUT2D eigenvalue weighted by molar-refractivity contribution is 6.00. The average Bonchev–Trinajstić information content (AvgIpc) is 2.37. The molecule has 1 aromatic rings. The third-order valence-electron chi connectivity index (χ3n) is 3.51. The van der Waals surface area contributed by atoms with Gasteiger partial charge in [0.25, 0.3) is 0 Å². The Hall–Kier alpha value is -1.68. The second-order valence-corrected chi connectivity index (χ2v) is 5.58. The lowest BCUT2D eigenvalue weighted by Crippen LogP contribution is -2.39. The van der Waals surface area contributed by atoms with E-state index in [0.29, 0.717) is 0 Å². The minimum atomic E-state index is -0.0615. The first-order valence-corrected chi connectivity index (χ1v) is 7.43. The predicted octanol–water partition coefficient (Wildman–Crippen LogP) is 2.25. The molecule has 0 radical (unpaired) electrons. The molecule has 4 heteroatoms. The number of nitrogens with zero attached hydrogens (tertiary/aromatic N) is 1. The second kappa shape index (κ2) is 7.93. The molecule has 1 rings (SSSR count). The lowest BCUT2D eigenvalue weighted by atomic mass is 9.96. The van der Waals surface area contributed by atoms with Gasteiger partial charge in [0.2, 0.25) is 5.91 Å². The summed E-state index contributed by atoms with van der Waals surface area (Å²) in [7, 11) is 1.61. The van der Waals surface area contributed by atoms with Crippen LogP contribution in [-0.4, -0.2) is 43.3 Å². The van der Waals surface area contributed by atoms with Gasteiger partial charge in [0.1, 0.15) is 0 Å². The summed E-state index contributed by atoms with van der Waals surface area (Å²) < 4.78 is 0. The molecule has 0 heterocycles. The van der Waals surface area contributed by atoms with E-state index in [2.05, 4.69) is 5.32 Å². The number of hydrogen-bond acceptors (Lipinski definition) is 3. The molecule has 0 atom stereocenters. The van der Waals surface area contributed by atoms with Gasteiger partial charge >= 0.3 is 0 Å². The van der Waals surface area contributed by atoms with Gasteiger partial charge in [0.05, 0.1) is 13.1 Å². The van der Waals surface area contributed by atoms with Crippen LogP contribution in [0.15, 0.2) is 12.1 Å². The molecule has 0 unspecified atom stereocenters. The Bertz CT molecular complexity index is 501. The summed E-state index contributed by atoms with van der Waals surface area (Å²) in [5.41, 5.74) is 3.97. The van der Waals surface area contributed by atoms with Crippen LogP contribution in [-0.2, 0) is 4.79 Å². The van der Waals surface area contributed by atoms with Gasteiger partial charge in [-0.3, -0.25) is 14.5 Å². The summed E-state index contributed by atoms with van der Waals surface area (Å²) >= 11 is 0. The Labute approximate surface area is 127 Å². The Balaban J connectivity index is 2.89. The second-order valence-electron chi connectivity index (χ2n) is 5.58. The van der Waals surface area contributed by atoms with Crippen LogP contribution in [0, 0.1) is 20.8 Å². The predicted molar refractivity (Wildman–Crippen MR) is 85.8 cm³/mol. The average molecular weight is 290 g/mol. The number of benzene rings is 1. The molecule has 0 bridgehead atoms. The third-order valence-corrected chi connectivity index (χ3v) is 3.51. The van der Waals surface area contributed by atoms with E-state index in [-0.39, 0.29) is 24.8 Å². The van der Waals surface area contributed by atoms with Gasteiger partial charge in [-0.25, -0.2) is 0 Å². The highest BCUT2D eigenvalue weighted by atomic mass is 16.2. The summed E-state index contributed by atoms with van der Waals surface area (Å²) in [6, 6.07) is 4.06. The van der Waals surface area contributed by atoms with Gasteiger partial charge in [-0.2, -0.15) is 0 Å². The maximum absolute atomic E-state index is 12.6. The number of carbonyl (C=O) groups is 2. The SMILES string of the molecule is CCCN(CC(=O)NC)CC(=O)c1c(C)cc(C)cc1C. The zero-order valence-electron chi connectivity index (χ0n) is 13.7. The van der Waals surface area contributed by atoms with Crippen LogP contribution in [0.4, 0.5) is 0 Å². The van der Waals surface area contributed by atoms with Gasteiger partial charge < -0.3 is 5.32 Å². The fourth-order valence-electron chi connectivity index (χ4n) is 2.71. The Morgan fingerprint density at radius 2 is 1.67 bits per heavy atom. The van der Waals surface area contributed by atoms with Crippen molar-refractivity contribution in [2.75, 3.05) is 26.7 Å². The summed E-state index contributed by atoms with van der Waals surface area (Å²) in [5.74, 6) is 0.0240. The largest absolute Gasteiger partial charge is 0.358 e. The number of ketones is 1. The van der Waals surface area contributed by atoms with Gasteiger partial charge in [0, 0.05) is 12.6 Å².